The van der Waals surface area contributed by atoms with Gasteiger partial charge in [0, 0.05) is 0 Å². The van der Waals surface area contributed by atoms with E-state index < -0.39 is 22.3 Å². The molecule has 0 amide bonds. The van der Waals surface area contributed by atoms with Crippen LogP contribution < -0.4 is 0 Å². The van der Waals surface area contributed by atoms with Crippen molar-refractivity contribution in [1.82, 2.24) is 0 Å². The summed E-state index contributed by atoms with van der Waals surface area (Å²) in [6.45, 7) is 3.62. The fourth-order valence-electron chi connectivity index (χ4n) is 1.48. The van der Waals surface area contributed by atoms with Gasteiger partial charge in [-0.15, -0.1) is 6.58 Å². The zero-order valence-electron chi connectivity index (χ0n) is 9.43. The number of hydrogen-bond donors (Lipinski definition) is 2. The molecule has 2 N–H and O–H groups in total. The minimum absolute atomic E-state index is 0.226. The fraction of sp³-hybridized carbons (Fsp3) is 0.727. The molecule has 0 aromatic rings. The van der Waals surface area contributed by atoms with Crippen molar-refractivity contribution in [3.63, 3.8) is 0 Å². The van der Waals surface area contributed by atoms with E-state index in [1.54, 1.807) is 0 Å². The summed E-state index contributed by atoms with van der Waals surface area (Å²) in [4.78, 5) is 10.4. The van der Waals surface area contributed by atoms with Gasteiger partial charge in [-0.1, -0.05) is 25.3 Å². The van der Waals surface area contributed by atoms with Gasteiger partial charge < -0.3 is 9.66 Å². The van der Waals surface area contributed by atoms with Gasteiger partial charge in [0.05, 0.1) is 11.7 Å². The van der Waals surface area contributed by atoms with Crippen LogP contribution in [0.4, 0.5) is 0 Å². The van der Waals surface area contributed by atoms with E-state index in [0.717, 1.165) is 32.1 Å². The molecule has 0 fully saturated rings. The smallest absolute Gasteiger partial charge is 0.304 e. The molecule has 0 aliphatic heterocycles. The van der Waals surface area contributed by atoms with E-state index in [4.69, 9.17) is 9.66 Å². The molecule has 16 heavy (non-hydrogen) atoms. The predicted octanol–water partition coefficient (Wildman–Crippen LogP) is 2.58. The summed E-state index contributed by atoms with van der Waals surface area (Å²) < 4.78 is 19.7. The summed E-state index contributed by atoms with van der Waals surface area (Å²) in [5, 5.41) is 7.92. The number of carboxylic acids is 1. The van der Waals surface area contributed by atoms with E-state index >= 15 is 0 Å². The number of unbranched alkanes of at least 4 members (excludes halogenated alkanes) is 4. The zero-order chi connectivity index (χ0) is 12.4. The molecule has 94 valence electrons. The van der Waals surface area contributed by atoms with Crippen LogP contribution >= 0.6 is 0 Å². The predicted molar refractivity (Wildman–Crippen MR) is 64.7 cm³/mol. The molecule has 0 saturated heterocycles. The Morgan fingerprint density at radius 3 is 2.44 bits per heavy atom. The maximum atomic E-state index is 10.8. The fourth-order valence-corrected chi connectivity index (χ4v) is 2.14. The lowest BCUT2D eigenvalue weighted by Crippen LogP contribution is -2.18. The first kappa shape index (κ1) is 15.3. The number of hydrogen-bond acceptors (Lipinski definition) is 2. The molecular formula is C11H20O4S. The lowest BCUT2D eigenvalue weighted by molar-refractivity contribution is -0.137. The van der Waals surface area contributed by atoms with Crippen molar-refractivity contribution < 1.29 is 18.7 Å². The molecule has 0 bridgehead atoms. The normalized spacial score (nSPS) is 14.3. The summed E-state index contributed by atoms with van der Waals surface area (Å²) in [5.74, 6) is -1.01. The average molecular weight is 248 g/mol. The molecule has 2 unspecified atom stereocenters. The molecule has 2 atom stereocenters. The Labute approximate surface area is 99.0 Å². The van der Waals surface area contributed by atoms with Crippen molar-refractivity contribution >= 4 is 17.0 Å². The third-order valence-electron chi connectivity index (χ3n) is 2.37. The number of allylic oxidation sites excluding steroid dienone is 1. The highest BCUT2D eigenvalue weighted by Crippen LogP contribution is 2.13. The first-order valence-corrected chi connectivity index (χ1v) is 6.67. The second-order valence-electron chi connectivity index (χ2n) is 3.78. The Balaban J connectivity index is 3.64. The van der Waals surface area contributed by atoms with Crippen molar-refractivity contribution in [3.8, 4) is 0 Å². The van der Waals surface area contributed by atoms with Crippen LogP contribution in [0.3, 0.4) is 0 Å². The molecule has 0 rings (SSSR count). The number of aliphatic carboxylic acids is 1. The highest BCUT2D eigenvalue weighted by Gasteiger charge is 2.18. The van der Waals surface area contributed by atoms with Crippen molar-refractivity contribution in [2.45, 2.75) is 50.2 Å². The monoisotopic (exact) mass is 248 g/mol. The molecule has 4 nitrogen and oxygen atoms in total. The third kappa shape index (κ3) is 8.61. The van der Waals surface area contributed by atoms with Gasteiger partial charge in [-0.2, -0.15) is 0 Å². The maximum Gasteiger partial charge on any atom is 0.304 e. The van der Waals surface area contributed by atoms with E-state index in [0.29, 0.717) is 6.42 Å². The molecule has 0 spiro atoms. The van der Waals surface area contributed by atoms with Crippen LogP contribution in [0.25, 0.3) is 0 Å². The minimum Gasteiger partial charge on any atom is -0.481 e. The molecule has 0 heterocycles. The van der Waals surface area contributed by atoms with Gasteiger partial charge in [-0.3, -0.25) is 4.79 Å². The molecule has 5 heteroatoms. The van der Waals surface area contributed by atoms with Gasteiger partial charge >= 0.3 is 5.97 Å². The SMILES string of the molecule is C=CCCCCCCC(CC(=O)O)S(=O)O. The Morgan fingerprint density at radius 2 is 1.94 bits per heavy atom. The topological polar surface area (TPSA) is 74.6 Å². The lowest BCUT2D eigenvalue weighted by Gasteiger charge is -2.09. The molecule has 0 saturated carbocycles. The van der Waals surface area contributed by atoms with Crippen LogP contribution in [0, 0.1) is 0 Å². The number of carboxylic acid groups (broad SMARTS) is 1. The van der Waals surface area contributed by atoms with E-state index in [1.165, 1.54) is 0 Å². The first-order valence-electron chi connectivity index (χ1n) is 5.50. The highest BCUT2D eigenvalue weighted by atomic mass is 32.2. The van der Waals surface area contributed by atoms with Gasteiger partial charge in [-0.25, -0.2) is 4.21 Å². The average Bonchev–Trinajstić information content (AvgIpc) is 2.20. The summed E-state index contributed by atoms with van der Waals surface area (Å²) in [6, 6.07) is 0. The quantitative estimate of drug-likeness (QED) is 0.354. The van der Waals surface area contributed by atoms with Gasteiger partial charge in [0.25, 0.3) is 0 Å². The second kappa shape index (κ2) is 9.54. The Morgan fingerprint density at radius 1 is 1.31 bits per heavy atom. The zero-order valence-corrected chi connectivity index (χ0v) is 10.2. The van der Waals surface area contributed by atoms with Crippen molar-refractivity contribution in [1.29, 1.82) is 0 Å². The van der Waals surface area contributed by atoms with E-state index in [1.807, 2.05) is 6.08 Å². The molecule has 0 aromatic carbocycles. The molecular weight excluding hydrogens is 228 g/mol. The van der Waals surface area contributed by atoms with Gasteiger partial charge in [0.15, 0.2) is 11.1 Å². The van der Waals surface area contributed by atoms with Crippen LogP contribution in [-0.2, 0) is 15.9 Å². The summed E-state index contributed by atoms with van der Waals surface area (Å²) >= 11 is -2.03. The van der Waals surface area contributed by atoms with E-state index in [2.05, 4.69) is 6.58 Å². The first-order chi connectivity index (χ1) is 7.57. The van der Waals surface area contributed by atoms with Crippen LogP contribution in [0.2, 0.25) is 0 Å². The van der Waals surface area contributed by atoms with Crippen molar-refractivity contribution in [3.05, 3.63) is 12.7 Å². The number of carbonyl (C=O) groups is 1. The Kier molecular flexibility index (Phi) is 9.13. The van der Waals surface area contributed by atoms with Crippen molar-refractivity contribution in [2.24, 2.45) is 0 Å². The molecule has 0 radical (unpaired) electrons. The lowest BCUT2D eigenvalue weighted by atomic mass is 10.1. The maximum absolute atomic E-state index is 10.8. The summed E-state index contributed by atoms with van der Waals surface area (Å²) in [5.41, 5.74) is 0. The van der Waals surface area contributed by atoms with Crippen LogP contribution in [0.5, 0.6) is 0 Å². The van der Waals surface area contributed by atoms with Gasteiger partial charge in [0.1, 0.15) is 0 Å². The summed E-state index contributed by atoms with van der Waals surface area (Å²) in [6.07, 6.45) is 7.06. The number of rotatable bonds is 10. The Bertz CT molecular complexity index is 240. The standard InChI is InChI=1S/C11H20O4S/c1-2-3-4-5-6-7-8-10(16(14)15)9-11(12)13/h2,10H,1,3-9H2,(H,12,13)(H,14,15). The summed E-state index contributed by atoms with van der Waals surface area (Å²) in [7, 11) is 0. The highest BCUT2D eigenvalue weighted by molar-refractivity contribution is 7.79. The largest absolute Gasteiger partial charge is 0.481 e. The minimum atomic E-state index is -2.03. The van der Waals surface area contributed by atoms with Crippen LogP contribution in [0.1, 0.15) is 44.9 Å². The van der Waals surface area contributed by atoms with Gasteiger partial charge in [0.2, 0.25) is 0 Å². The Hall–Kier alpha value is -0.680. The van der Waals surface area contributed by atoms with E-state index in [-0.39, 0.29) is 6.42 Å². The van der Waals surface area contributed by atoms with Gasteiger partial charge in [-0.05, 0) is 19.3 Å². The third-order valence-corrected chi connectivity index (χ3v) is 3.34. The van der Waals surface area contributed by atoms with E-state index in [9.17, 15) is 9.00 Å². The molecule has 0 aromatic heterocycles. The van der Waals surface area contributed by atoms with Crippen LogP contribution in [0.15, 0.2) is 12.7 Å². The molecule has 0 aliphatic carbocycles. The second-order valence-corrected chi connectivity index (χ2v) is 5.00. The molecule has 0 aliphatic rings. The van der Waals surface area contributed by atoms with Crippen molar-refractivity contribution in [2.75, 3.05) is 0 Å². The van der Waals surface area contributed by atoms with Crippen LogP contribution in [-0.4, -0.2) is 25.1 Å².